The van der Waals surface area contributed by atoms with Crippen molar-refractivity contribution in [3.8, 4) is 0 Å². The molecule has 7 heteroatoms. The average molecular weight is 237 g/mol. The molecule has 6 nitrogen and oxygen atoms in total. The Bertz CT molecular complexity index is 583. The van der Waals surface area contributed by atoms with E-state index in [-0.39, 0.29) is 11.6 Å². The molecule has 1 saturated heterocycles. The minimum absolute atomic E-state index is 0.119. The van der Waals surface area contributed by atoms with E-state index in [2.05, 4.69) is 15.5 Å². The first kappa shape index (κ1) is 9.86. The molecule has 1 atom stereocenters. The van der Waals surface area contributed by atoms with Gasteiger partial charge < -0.3 is 4.57 Å². The van der Waals surface area contributed by atoms with Crippen LogP contribution in [0.5, 0.6) is 0 Å². The van der Waals surface area contributed by atoms with Crippen LogP contribution in [0.15, 0.2) is 17.2 Å². The molecule has 0 bridgehead atoms. The largest absolute Gasteiger partial charge is 0.314 e. The van der Waals surface area contributed by atoms with Crippen molar-refractivity contribution >= 4 is 17.4 Å². The number of fused-ring (bicyclic) bond motifs is 1. The zero-order valence-corrected chi connectivity index (χ0v) is 9.57. The van der Waals surface area contributed by atoms with Crippen molar-refractivity contribution < 1.29 is 0 Å². The fourth-order valence-corrected chi connectivity index (χ4v) is 2.73. The molecule has 3 heterocycles. The highest BCUT2D eigenvalue weighted by Crippen LogP contribution is 2.22. The van der Waals surface area contributed by atoms with Gasteiger partial charge in [-0.25, -0.2) is 0 Å². The summed E-state index contributed by atoms with van der Waals surface area (Å²) in [6.45, 7) is 0. The monoisotopic (exact) mass is 237 g/mol. The first-order valence-corrected chi connectivity index (χ1v) is 6.14. The van der Waals surface area contributed by atoms with E-state index in [0.717, 1.165) is 17.5 Å². The molecule has 1 aliphatic rings. The second-order valence-electron chi connectivity index (χ2n) is 3.74. The summed E-state index contributed by atoms with van der Waals surface area (Å²) >= 11 is 1.82. The Morgan fingerprint density at radius 3 is 3.12 bits per heavy atom. The lowest BCUT2D eigenvalue weighted by Crippen LogP contribution is -2.21. The van der Waals surface area contributed by atoms with Gasteiger partial charge in [-0.1, -0.05) is 0 Å². The first-order chi connectivity index (χ1) is 7.77. The number of aryl methyl sites for hydroxylation is 1. The number of nitrogens with one attached hydrogen (secondary N) is 1. The number of hydrogen-bond acceptors (Lipinski definition) is 5. The predicted octanol–water partition coefficient (Wildman–Crippen LogP) is -0.237. The molecule has 0 radical (unpaired) electrons. The van der Waals surface area contributed by atoms with E-state index < -0.39 is 0 Å². The van der Waals surface area contributed by atoms with Crippen LogP contribution in [0.3, 0.4) is 0 Å². The maximum Gasteiger partial charge on any atom is 0.295 e. The minimum Gasteiger partial charge on any atom is -0.314 e. The quantitative estimate of drug-likeness (QED) is 0.742. The summed E-state index contributed by atoms with van der Waals surface area (Å²) in [5, 5.41) is 11.4. The molecule has 1 unspecified atom stereocenters. The molecule has 1 N–H and O–H groups in total. The Morgan fingerprint density at radius 1 is 1.50 bits per heavy atom. The van der Waals surface area contributed by atoms with Gasteiger partial charge in [-0.3, -0.25) is 14.5 Å². The van der Waals surface area contributed by atoms with Crippen LogP contribution in [0.25, 0.3) is 5.65 Å². The van der Waals surface area contributed by atoms with Crippen molar-refractivity contribution in [2.24, 2.45) is 7.05 Å². The molecule has 16 heavy (non-hydrogen) atoms. The maximum atomic E-state index is 11.8. The summed E-state index contributed by atoms with van der Waals surface area (Å²) in [6.07, 6.45) is 3.56. The van der Waals surface area contributed by atoms with E-state index in [4.69, 9.17) is 0 Å². The van der Waals surface area contributed by atoms with Gasteiger partial charge in [-0.2, -0.15) is 0 Å². The molecule has 0 saturated carbocycles. The summed E-state index contributed by atoms with van der Waals surface area (Å²) in [6, 6.07) is 0.187. The summed E-state index contributed by atoms with van der Waals surface area (Å²) in [5.41, 5.74) is 0.269. The molecular weight excluding hydrogens is 226 g/mol. The van der Waals surface area contributed by atoms with Crippen molar-refractivity contribution in [2.75, 3.05) is 11.6 Å². The van der Waals surface area contributed by atoms with E-state index in [0.29, 0.717) is 5.65 Å². The maximum absolute atomic E-state index is 11.8. The normalized spacial score (nSPS) is 20.7. The van der Waals surface area contributed by atoms with Crippen LogP contribution in [0.2, 0.25) is 0 Å². The van der Waals surface area contributed by atoms with Gasteiger partial charge in [-0.15, -0.1) is 22.0 Å². The number of hydrogen-bond donors (Lipinski definition) is 1. The van der Waals surface area contributed by atoms with Gasteiger partial charge in [-0.05, 0) is 0 Å². The van der Waals surface area contributed by atoms with Gasteiger partial charge in [0.05, 0.1) is 6.04 Å². The zero-order chi connectivity index (χ0) is 11.1. The summed E-state index contributed by atoms with van der Waals surface area (Å²) in [4.78, 5) is 11.8. The molecule has 1 fully saturated rings. The highest BCUT2D eigenvalue weighted by Gasteiger charge is 2.22. The van der Waals surface area contributed by atoms with Crippen LogP contribution in [0, 0.1) is 0 Å². The van der Waals surface area contributed by atoms with Crippen LogP contribution in [0.4, 0.5) is 0 Å². The lowest BCUT2D eigenvalue weighted by molar-refractivity contribution is 0.623. The summed E-state index contributed by atoms with van der Waals surface area (Å²) in [7, 11) is 1.71. The number of rotatable bonds is 1. The zero-order valence-electron chi connectivity index (χ0n) is 8.75. The van der Waals surface area contributed by atoms with Crippen LogP contribution in [-0.2, 0) is 7.05 Å². The number of aromatic nitrogens is 4. The highest BCUT2D eigenvalue weighted by atomic mass is 32.2. The van der Waals surface area contributed by atoms with E-state index >= 15 is 0 Å². The smallest absolute Gasteiger partial charge is 0.295 e. The lowest BCUT2D eigenvalue weighted by Gasteiger charge is -2.06. The number of thioether (sulfide) groups is 1. The van der Waals surface area contributed by atoms with Gasteiger partial charge in [0.2, 0.25) is 5.65 Å². The third-order valence-electron chi connectivity index (χ3n) is 2.70. The minimum atomic E-state index is -0.119. The second kappa shape index (κ2) is 3.60. The van der Waals surface area contributed by atoms with Crippen molar-refractivity contribution in [2.45, 2.75) is 6.04 Å². The molecule has 0 spiro atoms. The van der Waals surface area contributed by atoms with Gasteiger partial charge >= 0.3 is 0 Å². The standard InChI is InChI=1S/C9H11N5OS/c1-13-2-3-14-7(6-4-16-5-10-6)11-12-8(14)9(13)15/h2-3,6,10H,4-5H2,1H3. The van der Waals surface area contributed by atoms with Crippen LogP contribution < -0.4 is 10.9 Å². The lowest BCUT2D eigenvalue weighted by atomic mass is 10.3. The van der Waals surface area contributed by atoms with E-state index in [1.807, 2.05) is 18.0 Å². The van der Waals surface area contributed by atoms with E-state index in [1.165, 1.54) is 4.57 Å². The highest BCUT2D eigenvalue weighted by molar-refractivity contribution is 7.99. The number of nitrogens with zero attached hydrogens (tertiary/aromatic N) is 4. The molecule has 84 valence electrons. The Labute approximate surface area is 95.7 Å². The third kappa shape index (κ3) is 1.35. The molecule has 2 aromatic rings. The molecule has 1 aliphatic heterocycles. The Hall–Kier alpha value is -1.34. The molecule has 0 amide bonds. The van der Waals surface area contributed by atoms with Crippen molar-refractivity contribution in [3.63, 3.8) is 0 Å². The SMILES string of the molecule is Cn1ccn2c(C3CSCN3)nnc2c1=O. The van der Waals surface area contributed by atoms with E-state index in [1.54, 1.807) is 17.6 Å². The van der Waals surface area contributed by atoms with Crippen molar-refractivity contribution in [1.82, 2.24) is 24.5 Å². The second-order valence-corrected chi connectivity index (χ2v) is 4.77. The first-order valence-electron chi connectivity index (χ1n) is 4.99. The Morgan fingerprint density at radius 2 is 2.38 bits per heavy atom. The molecular formula is C9H11N5OS. The fraction of sp³-hybridized carbons (Fsp3) is 0.444. The average Bonchev–Trinajstić information content (AvgIpc) is 2.91. The molecule has 3 rings (SSSR count). The Balaban J connectivity index is 2.20. The van der Waals surface area contributed by atoms with Crippen LogP contribution in [-0.4, -0.2) is 30.8 Å². The summed E-state index contributed by atoms with van der Waals surface area (Å²) < 4.78 is 3.27. The van der Waals surface area contributed by atoms with Crippen molar-refractivity contribution in [3.05, 3.63) is 28.6 Å². The van der Waals surface area contributed by atoms with Crippen LogP contribution >= 0.6 is 11.8 Å². The molecule has 0 aliphatic carbocycles. The summed E-state index contributed by atoms with van der Waals surface area (Å²) in [5.74, 6) is 2.71. The third-order valence-corrected chi connectivity index (χ3v) is 3.64. The van der Waals surface area contributed by atoms with Gasteiger partial charge in [0.1, 0.15) is 0 Å². The predicted molar refractivity (Wildman–Crippen MR) is 61.4 cm³/mol. The van der Waals surface area contributed by atoms with E-state index in [9.17, 15) is 4.79 Å². The van der Waals surface area contributed by atoms with Gasteiger partial charge in [0.15, 0.2) is 5.82 Å². The fourth-order valence-electron chi connectivity index (χ4n) is 1.79. The van der Waals surface area contributed by atoms with Crippen molar-refractivity contribution in [1.29, 1.82) is 0 Å². The van der Waals surface area contributed by atoms with Gasteiger partial charge in [0.25, 0.3) is 5.56 Å². The van der Waals surface area contributed by atoms with Gasteiger partial charge in [0, 0.05) is 31.1 Å². The topological polar surface area (TPSA) is 64.2 Å². The molecule has 0 aromatic carbocycles. The van der Waals surface area contributed by atoms with Crippen LogP contribution in [0.1, 0.15) is 11.9 Å². The Kier molecular flexibility index (Phi) is 2.22. The molecule has 2 aromatic heterocycles.